The molecule has 0 radical (unpaired) electrons. The number of amides is 1. The summed E-state index contributed by atoms with van der Waals surface area (Å²) in [5.74, 6) is -0.0416. The van der Waals surface area contributed by atoms with Gasteiger partial charge < -0.3 is 9.80 Å². The number of rotatable bonds is 5. The Kier molecular flexibility index (Phi) is 6.12. The van der Waals surface area contributed by atoms with Crippen molar-refractivity contribution in [2.45, 2.75) is 6.42 Å². The monoisotopic (exact) mass is 332 g/mol. The fourth-order valence-electron chi connectivity index (χ4n) is 1.59. The number of carbonyl (C=O) groups is 1. The van der Waals surface area contributed by atoms with Crippen molar-refractivity contribution in [3.8, 4) is 0 Å². The predicted octanol–water partition coefficient (Wildman–Crippen LogP) is 3.13. The van der Waals surface area contributed by atoms with Crippen molar-refractivity contribution in [3.63, 3.8) is 0 Å². The Balaban J connectivity index is 2.65. The molecule has 0 spiro atoms. The van der Waals surface area contributed by atoms with E-state index in [1.54, 1.807) is 24.1 Å². The van der Waals surface area contributed by atoms with Crippen LogP contribution in [0.5, 0.6) is 0 Å². The maximum absolute atomic E-state index is 12.2. The van der Waals surface area contributed by atoms with Gasteiger partial charge in [-0.25, -0.2) is 0 Å². The summed E-state index contributed by atoms with van der Waals surface area (Å²) in [6, 6.07) is 5.31. The van der Waals surface area contributed by atoms with E-state index in [1.165, 1.54) is 0 Å². The van der Waals surface area contributed by atoms with E-state index in [-0.39, 0.29) is 5.91 Å². The molecule has 0 atom stereocenters. The van der Waals surface area contributed by atoms with Gasteiger partial charge in [0.1, 0.15) is 0 Å². The highest BCUT2D eigenvalue weighted by Gasteiger charge is 2.15. The van der Waals surface area contributed by atoms with E-state index in [0.29, 0.717) is 10.6 Å². The number of nitrogens with zero attached hydrogens (tertiary/aromatic N) is 2. The van der Waals surface area contributed by atoms with E-state index in [1.807, 2.05) is 20.2 Å². The average molecular weight is 334 g/mol. The lowest BCUT2D eigenvalue weighted by molar-refractivity contribution is 0.0791. The van der Waals surface area contributed by atoms with E-state index in [2.05, 4.69) is 20.8 Å². The molecule has 1 aromatic rings. The number of carbonyl (C=O) groups excluding carboxylic acids is 1. The topological polar surface area (TPSA) is 23.6 Å². The SMILES string of the molecule is CN(C)CCCN(C)C(=O)c1cc(Br)ccc1Cl. The summed E-state index contributed by atoms with van der Waals surface area (Å²) in [5, 5.41) is 0.489. The van der Waals surface area contributed by atoms with Crippen LogP contribution in [0.3, 0.4) is 0 Å². The summed E-state index contributed by atoms with van der Waals surface area (Å²) >= 11 is 9.39. The van der Waals surface area contributed by atoms with Gasteiger partial charge in [0.2, 0.25) is 0 Å². The number of halogens is 2. The first-order valence-corrected chi connectivity index (χ1v) is 6.94. The van der Waals surface area contributed by atoms with Gasteiger partial charge in [-0.2, -0.15) is 0 Å². The van der Waals surface area contributed by atoms with Gasteiger partial charge in [0, 0.05) is 18.1 Å². The molecule has 1 amide bonds. The second kappa shape index (κ2) is 7.12. The van der Waals surface area contributed by atoms with Gasteiger partial charge in [-0.05, 0) is 45.3 Å². The highest BCUT2D eigenvalue weighted by molar-refractivity contribution is 9.10. The molecule has 0 saturated heterocycles. The largest absolute Gasteiger partial charge is 0.342 e. The van der Waals surface area contributed by atoms with Crippen LogP contribution in [-0.2, 0) is 0 Å². The standard InChI is InChI=1S/C13H18BrClN2O/c1-16(2)7-4-8-17(3)13(18)11-9-10(14)5-6-12(11)15/h5-6,9H,4,7-8H2,1-3H3. The van der Waals surface area contributed by atoms with E-state index in [4.69, 9.17) is 11.6 Å². The molecule has 0 saturated carbocycles. The first-order valence-electron chi connectivity index (χ1n) is 5.77. The third kappa shape index (κ3) is 4.59. The van der Waals surface area contributed by atoms with E-state index < -0.39 is 0 Å². The first kappa shape index (κ1) is 15.5. The molecule has 0 aliphatic heterocycles. The molecule has 1 aromatic carbocycles. The van der Waals surface area contributed by atoms with Gasteiger partial charge in [-0.1, -0.05) is 27.5 Å². The quantitative estimate of drug-likeness (QED) is 0.826. The number of hydrogen-bond acceptors (Lipinski definition) is 2. The van der Waals surface area contributed by atoms with Crippen molar-refractivity contribution in [3.05, 3.63) is 33.3 Å². The van der Waals surface area contributed by atoms with Gasteiger partial charge in [0.15, 0.2) is 0 Å². The highest BCUT2D eigenvalue weighted by atomic mass is 79.9. The summed E-state index contributed by atoms with van der Waals surface area (Å²) in [7, 11) is 5.84. The van der Waals surface area contributed by atoms with Gasteiger partial charge in [0.25, 0.3) is 5.91 Å². The van der Waals surface area contributed by atoms with Gasteiger partial charge in [0.05, 0.1) is 10.6 Å². The normalized spacial score (nSPS) is 10.8. The highest BCUT2D eigenvalue weighted by Crippen LogP contribution is 2.22. The third-order valence-electron chi connectivity index (χ3n) is 2.60. The van der Waals surface area contributed by atoms with E-state index in [0.717, 1.165) is 24.0 Å². The molecule has 0 heterocycles. The first-order chi connectivity index (χ1) is 8.41. The lowest BCUT2D eigenvalue weighted by atomic mass is 10.2. The van der Waals surface area contributed by atoms with E-state index >= 15 is 0 Å². The van der Waals surface area contributed by atoms with Crippen molar-refractivity contribution in [2.75, 3.05) is 34.2 Å². The predicted molar refractivity (Wildman–Crippen MR) is 79.3 cm³/mol. The second-order valence-corrected chi connectivity index (χ2v) is 5.83. The average Bonchev–Trinajstić information content (AvgIpc) is 2.30. The lowest BCUT2D eigenvalue weighted by Crippen LogP contribution is -2.30. The Hall–Kier alpha value is -0.580. The molecule has 0 aliphatic carbocycles. The van der Waals surface area contributed by atoms with Crippen molar-refractivity contribution < 1.29 is 4.79 Å². The molecule has 100 valence electrons. The maximum Gasteiger partial charge on any atom is 0.255 e. The van der Waals surface area contributed by atoms with Gasteiger partial charge in [-0.15, -0.1) is 0 Å². The number of benzene rings is 1. The minimum atomic E-state index is -0.0416. The Morgan fingerprint density at radius 3 is 2.56 bits per heavy atom. The molecular weight excluding hydrogens is 316 g/mol. The summed E-state index contributed by atoms with van der Waals surface area (Å²) in [5.41, 5.74) is 0.540. The van der Waals surface area contributed by atoms with Crippen LogP contribution in [0.2, 0.25) is 5.02 Å². The molecule has 0 aliphatic rings. The summed E-state index contributed by atoms with van der Waals surface area (Å²) in [4.78, 5) is 16.0. The third-order valence-corrected chi connectivity index (χ3v) is 3.43. The molecule has 18 heavy (non-hydrogen) atoms. The Morgan fingerprint density at radius 2 is 1.94 bits per heavy atom. The van der Waals surface area contributed by atoms with Crippen LogP contribution < -0.4 is 0 Å². The van der Waals surface area contributed by atoms with Crippen LogP contribution in [0.1, 0.15) is 16.8 Å². The molecule has 0 fully saturated rings. The molecular formula is C13H18BrClN2O. The second-order valence-electron chi connectivity index (χ2n) is 4.51. The Morgan fingerprint density at radius 1 is 1.28 bits per heavy atom. The van der Waals surface area contributed by atoms with E-state index in [9.17, 15) is 4.79 Å². The summed E-state index contributed by atoms with van der Waals surface area (Å²) in [6.07, 6.45) is 0.945. The summed E-state index contributed by atoms with van der Waals surface area (Å²) in [6.45, 7) is 1.68. The minimum Gasteiger partial charge on any atom is -0.342 e. The molecule has 5 heteroatoms. The maximum atomic E-state index is 12.2. The Labute approximate surface area is 122 Å². The lowest BCUT2D eigenvalue weighted by Gasteiger charge is -2.19. The van der Waals surface area contributed by atoms with Crippen LogP contribution in [0.25, 0.3) is 0 Å². The van der Waals surface area contributed by atoms with Crippen LogP contribution in [0.15, 0.2) is 22.7 Å². The van der Waals surface area contributed by atoms with Crippen molar-refractivity contribution in [1.29, 1.82) is 0 Å². The molecule has 1 rings (SSSR count). The zero-order chi connectivity index (χ0) is 13.7. The molecule has 0 bridgehead atoms. The summed E-state index contributed by atoms with van der Waals surface area (Å²) < 4.78 is 0.858. The van der Waals surface area contributed by atoms with Crippen molar-refractivity contribution >= 4 is 33.4 Å². The molecule has 0 unspecified atom stereocenters. The van der Waals surface area contributed by atoms with Crippen molar-refractivity contribution in [1.82, 2.24) is 9.80 Å². The number of hydrogen-bond donors (Lipinski definition) is 0. The van der Waals surface area contributed by atoms with Crippen molar-refractivity contribution in [2.24, 2.45) is 0 Å². The van der Waals surface area contributed by atoms with Gasteiger partial charge in [-0.3, -0.25) is 4.79 Å². The van der Waals surface area contributed by atoms with Gasteiger partial charge >= 0.3 is 0 Å². The molecule has 0 N–H and O–H groups in total. The molecule has 0 aromatic heterocycles. The fourth-order valence-corrected chi connectivity index (χ4v) is 2.15. The van der Waals surface area contributed by atoms with Crippen LogP contribution in [-0.4, -0.2) is 49.9 Å². The minimum absolute atomic E-state index is 0.0416. The molecule has 3 nitrogen and oxygen atoms in total. The smallest absolute Gasteiger partial charge is 0.255 e. The Bertz CT molecular complexity index is 423. The fraction of sp³-hybridized carbons (Fsp3) is 0.462. The zero-order valence-electron chi connectivity index (χ0n) is 10.9. The van der Waals surface area contributed by atoms with Crippen LogP contribution >= 0.6 is 27.5 Å². The van der Waals surface area contributed by atoms with Crippen LogP contribution in [0, 0.1) is 0 Å². The zero-order valence-corrected chi connectivity index (χ0v) is 13.3. The van der Waals surface area contributed by atoms with Crippen LogP contribution in [0.4, 0.5) is 0 Å².